The van der Waals surface area contributed by atoms with Crippen molar-refractivity contribution in [2.75, 3.05) is 13.7 Å². The quantitative estimate of drug-likeness (QED) is 0.660. The van der Waals surface area contributed by atoms with E-state index in [1.807, 2.05) is 6.08 Å². The van der Waals surface area contributed by atoms with E-state index in [-0.39, 0.29) is 24.1 Å². The number of carbonyl (C=O) groups is 2. The highest BCUT2D eigenvalue weighted by Crippen LogP contribution is 2.37. The first-order chi connectivity index (χ1) is 7.69. The maximum absolute atomic E-state index is 11.7. The Hall–Kier alpha value is -1.52. The van der Waals surface area contributed by atoms with Gasteiger partial charge in [0.05, 0.1) is 31.4 Å². The molecule has 1 fully saturated rings. The third-order valence-electron chi connectivity index (χ3n) is 3.06. The molecule has 2 heterocycles. The molecule has 2 aliphatic rings. The molecule has 1 amide bonds. The summed E-state index contributed by atoms with van der Waals surface area (Å²) in [6.07, 6.45) is 3.18. The van der Waals surface area contributed by atoms with Crippen LogP contribution >= 0.6 is 0 Å². The van der Waals surface area contributed by atoms with Crippen LogP contribution in [0.5, 0.6) is 0 Å². The smallest absolute Gasteiger partial charge is 0.410 e. The zero-order valence-corrected chi connectivity index (χ0v) is 9.43. The van der Waals surface area contributed by atoms with Gasteiger partial charge >= 0.3 is 12.1 Å². The molecule has 0 aromatic rings. The first-order valence-corrected chi connectivity index (χ1v) is 5.44. The highest BCUT2D eigenvalue weighted by molar-refractivity contribution is 5.92. The zero-order valence-electron chi connectivity index (χ0n) is 9.43. The van der Waals surface area contributed by atoms with Crippen molar-refractivity contribution < 1.29 is 19.1 Å². The summed E-state index contributed by atoms with van der Waals surface area (Å²) in [4.78, 5) is 24.8. The van der Waals surface area contributed by atoms with E-state index < -0.39 is 0 Å². The predicted molar refractivity (Wildman–Crippen MR) is 55.8 cm³/mol. The number of hydrogen-bond donors (Lipinski definition) is 0. The maximum atomic E-state index is 11.7. The van der Waals surface area contributed by atoms with Crippen LogP contribution in [0.25, 0.3) is 0 Å². The van der Waals surface area contributed by atoms with Crippen LogP contribution in [0.1, 0.15) is 19.8 Å². The third-order valence-corrected chi connectivity index (χ3v) is 3.06. The van der Waals surface area contributed by atoms with Crippen LogP contribution in [0, 0.1) is 0 Å². The van der Waals surface area contributed by atoms with Gasteiger partial charge in [-0.25, -0.2) is 9.59 Å². The normalized spacial score (nSPS) is 26.6. The van der Waals surface area contributed by atoms with Crippen molar-refractivity contribution in [1.82, 2.24) is 4.90 Å². The number of methoxy groups -OCH3 is 1. The number of rotatable bonds is 2. The number of nitrogens with zero attached hydrogens (tertiary/aromatic N) is 1. The summed E-state index contributed by atoms with van der Waals surface area (Å²) in [6, 6.07) is -0.158. The summed E-state index contributed by atoms with van der Waals surface area (Å²) in [7, 11) is 1.35. The minimum Gasteiger partial charge on any atom is -0.466 e. The number of fused-ring (bicyclic) bond motifs is 2. The first kappa shape index (κ1) is 11.0. The van der Waals surface area contributed by atoms with Gasteiger partial charge in [0.15, 0.2) is 0 Å². The average Bonchev–Trinajstić information content (AvgIpc) is 2.85. The van der Waals surface area contributed by atoms with Crippen LogP contribution in [-0.2, 0) is 14.3 Å². The zero-order chi connectivity index (χ0) is 11.7. The van der Waals surface area contributed by atoms with Gasteiger partial charge < -0.3 is 9.47 Å². The van der Waals surface area contributed by atoms with Gasteiger partial charge in [0.25, 0.3) is 0 Å². The molecule has 0 aromatic carbocycles. The molecule has 2 rings (SSSR count). The van der Waals surface area contributed by atoms with Gasteiger partial charge in [-0.05, 0) is 25.8 Å². The van der Waals surface area contributed by atoms with Gasteiger partial charge in [-0.2, -0.15) is 0 Å². The molecule has 2 aliphatic heterocycles. The van der Waals surface area contributed by atoms with Gasteiger partial charge in [-0.15, -0.1) is 0 Å². The molecule has 0 radical (unpaired) electrons. The Labute approximate surface area is 94.0 Å². The second-order valence-electron chi connectivity index (χ2n) is 3.88. The number of esters is 1. The van der Waals surface area contributed by atoms with E-state index in [1.54, 1.807) is 11.8 Å². The SMILES string of the molecule is CCOC(=O)N1[C@@H]2C=C(C(=O)OC)[C@H]1CC2. The molecular formula is C11H15NO4. The molecule has 88 valence electrons. The van der Waals surface area contributed by atoms with Crippen molar-refractivity contribution >= 4 is 12.1 Å². The van der Waals surface area contributed by atoms with Crippen LogP contribution in [0.3, 0.4) is 0 Å². The summed E-state index contributed by atoms with van der Waals surface area (Å²) < 4.78 is 9.66. The molecule has 0 saturated carbocycles. The minimum absolute atomic E-state index is 0.00171. The lowest BCUT2D eigenvalue weighted by Crippen LogP contribution is -2.38. The van der Waals surface area contributed by atoms with Crippen LogP contribution in [-0.4, -0.2) is 42.8 Å². The third kappa shape index (κ3) is 1.56. The van der Waals surface area contributed by atoms with Crippen molar-refractivity contribution in [2.45, 2.75) is 31.8 Å². The number of amides is 1. The Kier molecular flexibility index (Phi) is 2.85. The molecule has 0 N–H and O–H groups in total. The number of ether oxygens (including phenoxy) is 2. The Morgan fingerprint density at radius 2 is 2.25 bits per heavy atom. The monoisotopic (exact) mass is 225 g/mol. The van der Waals surface area contributed by atoms with Crippen molar-refractivity contribution in [1.29, 1.82) is 0 Å². The molecule has 2 bridgehead atoms. The Morgan fingerprint density at radius 1 is 1.50 bits per heavy atom. The lowest BCUT2D eigenvalue weighted by atomic mass is 10.00. The van der Waals surface area contributed by atoms with Crippen molar-refractivity contribution in [3.05, 3.63) is 11.6 Å². The fraction of sp³-hybridized carbons (Fsp3) is 0.636. The predicted octanol–water partition coefficient (Wildman–Crippen LogP) is 1.09. The van der Waals surface area contributed by atoms with E-state index in [4.69, 9.17) is 4.74 Å². The van der Waals surface area contributed by atoms with Gasteiger partial charge in [0.2, 0.25) is 0 Å². The summed E-state index contributed by atoms with van der Waals surface area (Å²) >= 11 is 0. The van der Waals surface area contributed by atoms with E-state index in [1.165, 1.54) is 7.11 Å². The topological polar surface area (TPSA) is 55.8 Å². The van der Waals surface area contributed by atoms with E-state index in [2.05, 4.69) is 4.74 Å². The van der Waals surface area contributed by atoms with E-state index in [0.29, 0.717) is 12.2 Å². The van der Waals surface area contributed by atoms with Crippen LogP contribution in [0.2, 0.25) is 0 Å². The standard InChI is InChI=1S/C11H15NO4/c1-3-16-11(14)12-7-4-5-9(12)8(6-7)10(13)15-2/h6-7,9H,3-5H2,1-2H3/t7-,9+/m0/s1. The van der Waals surface area contributed by atoms with Crippen LogP contribution < -0.4 is 0 Å². The number of hydrogen-bond acceptors (Lipinski definition) is 4. The highest BCUT2D eigenvalue weighted by atomic mass is 16.6. The Morgan fingerprint density at radius 3 is 2.88 bits per heavy atom. The van der Waals surface area contributed by atoms with E-state index in [0.717, 1.165) is 12.8 Å². The van der Waals surface area contributed by atoms with Crippen molar-refractivity contribution in [3.63, 3.8) is 0 Å². The van der Waals surface area contributed by atoms with Gasteiger partial charge in [0, 0.05) is 0 Å². The maximum Gasteiger partial charge on any atom is 0.410 e. The lowest BCUT2D eigenvalue weighted by Gasteiger charge is -2.22. The second-order valence-corrected chi connectivity index (χ2v) is 3.88. The summed E-state index contributed by atoms with van der Waals surface area (Å²) in [6.45, 7) is 2.12. The Bertz CT molecular complexity index is 350. The van der Waals surface area contributed by atoms with Crippen molar-refractivity contribution in [3.8, 4) is 0 Å². The van der Waals surface area contributed by atoms with Crippen LogP contribution in [0.15, 0.2) is 11.6 Å². The fourth-order valence-corrected chi connectivity index (χ4v) is 2.41. The molecule has 1 saturated heterocycles. The lowest BCUT2D eigenvalue weighted by molar-refractivity contribution is -0.136. The van der Waals surface area contributed by atoms with Crippen molar-refractivity contribution in [2.24, 2.45) is 0 Å². The average molecular weight is 225 g/mol. The minimum atomic E-state index is -0.346. The summed E-state index contributed by atoms with van der Waals surface area (Å²) in [5, 5.41) is 0. The summed E-state index contributed by atoms with van der Waals surface area (Å²) in [5.74, 6) is -0.346. The molecule has 16 heavy (non-hydrogen) atoms. The fourth-order valence-electron chi connectivity index (χ4n) is 2.41. The molecule has 5 nitrogen and oxygen atoms in total. The van der Waals surface area contributed by atoms with Crippen LogP contribution in [0.4, 0.5) is 4.79 Å². The van der Waals surface area contributed by atoms with Gasteiger partial charge in [-0.1, -0.05) is 0 Å². The van der Waals surface area contributed by atoms with E-state index >= 15 is 0 Å². The molecule has 2 atom stereocenters. The molecule has 0 aliphatic carbocycles. The number of carbonyl (C=O) groups excluding carboxylic acids is 2. The van der Waals surface area contributed by atoms with Gasteiger partial charge in [-0.3, -0.25) is 4.90 Å². The molecule has 0 unspecified atom stereocenters. The molecule has 0 spiro atoms. The molecule has 0 aromatic heterocycles. The first-order valence-electron chi connectivity index (χ1n) is 5.44. The highest BCUT2D eigenvalue weighted by Gasteiger charge is 2.46. The van der Waals surface area contributed by atoms with E-state index in [9.17, 15) is 9.59 Å². The second kappa shape index (κ2) is 4.15. The molecular weight excluding hydrogens is 210 g/mol. The Balaban J connectivity index is 2.13. The molecule has 5 heteroatoms. The summed E-state index contributed by atoms with van der Waals surface area (Å²) in [5.41, 5.74) is 0.590. The largest absolute Gasteiger partial charge is 0.466 e. The van der Waals surface area contributed by atoms with Gasteiger partial charge in [0.1, 0.15) is 0 Å².